The van der Waals surface area contributed by atoms with Crippen molar-refractivity contribution in [2.75, 3.05) is 27.5 Å². The maximum Gasteiger partial charge on any atom is 0.363 e. The molecule has 73 heavy (non-hydrogen) atoms. The molecule has 19 heteroatoms. The number of hydroxylamine groups is 2. The van der Waals surface area contributed by atoms with Crippen molar-refractivity contribution in [3.63, 3.8) is 0 Å². The molecule has 0 aliphatic rings. The molecule has 0 aliphatic carbocycles. The highest BCUT2D eigenvalue weighted by atomic mass is 16.7. The summed E-state index contributed by atoms with van der Waals surface area (Å²) in [5.74, 6) is -5.19. The number of Topliss-reactive ketones (excluding diaryl/α,β-unsaturated/α-hetero) is 1. The molecule has 1 heterocycles. The van der Waals surface area contributed by atoms with Gasteiger partial charge in [0.25, 0.3) is 11.8 Å². The normalized spacial score (nSPS) is 11.9. The first-order valence-electron chi connectivity index (χ1n) is 23.6. The first kappa shape index (κ1) is 55.4. The lowest BCUT2D eigenvalue weighted by Gasteiger charge is -2.31. The molecule has 1 aromatic heterocycles. The number of hydrogen-bond acceptors (Lipinski definition) is 15. The molecule has 19 nitrogen and oxygen atoms in total. The van der Waals surface area contributed by atoms with Crippen LogP contribution in [0, 0.1) is 5.92 Å². The zero-order valence-electron chi connectivity index (χ0n) is 41.3. The maximum atomic E-state index is 13.8. The van der Waals surface area contributed by atoms with Gasteiger partial charge in [0.05, 0.1) is 44.0 Å². The molecule has 5 aromatic rings. The second-order valence-electron chi connectivity index (χ2n) is 16.6. The fourth-order valence-corrected chi connectivity index (χ4v) is 7.52. The predicted molar refractivity (Wildman–Crippen MR) is 264 cm³/mol. The van der Waals surface area contributed by atoms with Gasteiger partial charge < -0.3 is 48.9 Å². The monoisotopic (exact) mass is 1000 g/mol. The molecule has 0 saturated carbocycles. The number of hydrogen-bond donors (Lipinski definition) is 3. The quantitative estimate of drug-likeness (QED) is 0.0145. The van der Waals surface area contributed by atoms with E-state index in [4.69, 9.17) is 32.9 Å². The van der Waals surface area contributed by atoms with Crippen LogP contribution in [0.3, 0.4) is 0 Å². The number of amides is 4. The minimum atomic E-state index is -1.36. The lowest BCUT2D eigenvalue weighted by atomic mass is 9.90. The van der Waals surface area contributed by atoms with Crippen LogP contribution in [0.1, 0.15) is 102 Å². The van der Waals surface area contributed by atoms with Crippen LogP contribution in [0.15, 0.2) is 114 Å². The second-order valence-corrected chi connectivity index (χ2v) is 16.6. The summed E-state index contributed by atoms with van der Waals surface area (Å²) >= 11 is 0. The molecule has 0 saturated heterocycles. The molecule has 4 aromatic carbocycles. The molecule has 0 aliphatic heterocycles. The number of methoxy groups -OCH3 is 2. The highest BCUT2D eigenvalue weighted by Crippen LogP contribution is 2.31. The van der Waals surface area contributed by atoms with E-state index in [1.165, 1.54) is 69.7 Å². The summed E-state index contributed by atoms with van der Waals surface area (Å²) in [6.07, 6.45) is 2.84. The Balaban J connectivity index is 1.28. The van der Waals surface area contributed by atoms with Crippen molar-refractivity contribution < 1.29 is 71.3 Å². The maximum absolute atomic E-state index is 13.8. The van der Waals surface area contributed by atoms with Crippen LogP contribution in [-0.2, 0) is 51.5 Å². The van der Waals surface area contributed by atoms with E-state index >= 15 is 0 Å². The summed E-state index contributed by atoms with van der Waals surface area (Å²) in [6.45, 7) is 3.92. The lowest BCUT2D eigenvalue weighted by molar-refractivity contribution is -0.171. The van der Waals surface area contributed by atoms with Gasteiger partial charge in [0.2, 0.25) is 12.3 Å². The number of carbonyl (C=O) groups excluding carboxylic acids is 8. The van der Waals surface area contributed by atoms with E-state index in [2.05, 4.69) is 16.0 Å². The van der Waals surface area contributed by atoms with Gasteiger partial charge in [-0.25, -0.2) is 14.4 Å². The summed E-state index contributed by atoms with van der Waals surface area (Å²) in [5, 5.41) is 8.69. The molecule has 0 radical (unpaired) electrons. The number of ketones is 1. The average molecular weight is 1010 g/mol. The number of carbonyl (C=O) groups is 8. The largest absolute Gasteiger partial charge is 0.493 e. The average Bonchev–Trinajstić information content (AvgIpc) is 3.91. The smallest absolute Gasteiger partial charge is 0.363 e. The van der Waals surface area contributed by atoms with E-state index in [0.29, 0.717) is 36.1 Å². The Kier molecular flexibility index (Phi) is 21.6. The summed E-state index contributed by atoms with van der Waals surface area (Å²) in [6, 6.07) is 27.1. The highest BCUT2D eigenvalue weighted by Gasteiger charge is 2.34. The van der Waals surface area contributed by atoms with Crippen molar-refractivity contribution in [1.82, 2.24) is 21.0 Å². The van der Waals surface area contributed by atoms with Crippen molar-refractivity contribution in [2.24, 2.45) is 5.92 Å². The van der Waals surface area contributed by atoms with Crippen LogP contribution in [0.4, 0.5) is 0 Å². The Bertz CT molecular complexity index is 2670. The van der Waals surface area contributed by atoms with Crippen molar-refractivity contribution in [3.8, 4) is 28.6 Å². The molecular formula is C54H60N4O15. The van der Waals surface area contributed by atoms with Gasteiger partial charge in [-0.1, -0.05) is 99.8 Å². The third kappa shape index (κ3) is 16.6. The number of esters is 2. The number of furan rings is 1. The Morgan fingerprint density at radius 3 is 2.04 bits per heavy atom. The van der Waals surface area contributed by atoms with Gasteiger partial charge in [-0.15, -0.1) is 0 Å². The summed E-state index contributed by atoms with van der Waals surface area (Å²) < 4.78 is 33.1. The third-order valence-corrected chi connectivity index (χ3v) is 11.3. The molecule has 386 valence electrons. The fraction of sp³-hybridized carbons (Fsp3) is 0.333. The highest BCUT2D eigenvalue weighted by molar-refractivity contribution is 6.01. The van der Waals surface area contributed by atoms with Crippen LogP contribution >= 0.6 is 0 Å². The SMILES string of the molecule is CCCCC[C@@H](C(=O)NCNC(=O)c1ccc(-c2ccc(C(=O)N[C@@H](CC(C)=O)C(=O)OCc3ccccc3)c(OCC(=O)OCc3ccccc3)c2)o1)[C@@H](CC)N(C=O)OC(=O)c1ccc(OC)c(OC)c1. The predicted octanol–water partition coefficient (Wildman–Crippen LogP) is 6.92. The minimum absolute atomic E-state index is 0.0352. The molecule has 0 unspecified atom stereocenters. The van der Waals surface area contributed by atoms with Crippen LogP contribution in [0.5, 0.6) is 17.2 Å². The van der Waals surface area contributed by atoms with Gasteiger partial charge in [0.15, 0.2) is 23.9 Å². The Hall–Kier alpha value is -8.48. The Morgan fingerprint density at radius 2 is 1.41 bits per heavy atom. The number of rotatable bonds is 29. The molecule has 0 spiro atoms. The van der Waals surface area contributed by atoms with Gasteiger partial charge in [-0.05, 0) is 73.4 Å². The fourth-order valence-electron chi connectivity index (χ4n) is 7.52. The second kappa shape index (κ2) is 28.4. The summed E-state index contributed by atoms with van der Waals surface area (Å²) in [7, 11) is 2.86. The van der Waals surface area contributed by atoms with Gasteiger partial charge in [0.1, 0.15) is 36.5 Å². The van der Waals surface area contributed by atoms with Gasteiger partial charge >= 0.3 is 17.9 Å². The molecule has 0 fully saturated rings. The standard InChI is InChI=1S/C54H60N4O15/c1-6-8-11-20-40(43(7-2)58(34-59)73-53(65)39-22-24-45(67-4)48(29-39)68-5)50(62)55-33-56-52(64)46-26-25-44(72-46)38-21-23-41(47(28-38)69-32-49(61)70-30-36-16-12-9-13-17-36)51(63)57-42(27-35(3)60)54(66)71-31-37-18-14-10-15-19-37/h9-10,12-19,21-26,28-29,34,40,42-43H,6-8,11,20,27,30-33H2,1-5H3,(H,55,62)(H,56,64)(H,57,63)/t40-,42+,43-/m1/s1. The number of ether oxygens (including phenoxy) is 5. The number of unbranched alkanes of at least 4 members (excludes halogenated alkanes) is 2. The van der Waals surface area contributed by atoms with Crippen LogP contribution in [0.2, 0.25) is 0 Å². The van der Waals surface area contributed by atoms with Crippen molar-refractivity contribution in [1.29, 1.82) is 0 Å². The number of benzene rings is 4. The first-order valence-corrected chi connectivity index (χ1v) is 23.6. The number of nitrogens with one attached hydrogen (secondary N) is 3. The number of nitrogens with zero attached hydrogens (tertiary/aromatic N) is 1. The topological polar surface area (TPSA) is 244 Å². The van der Waals surface area contributed by atoms with E-state index in [-0.39, 0.29) is 72.7 Å². The summed E-state index contributed by atoms with van der Waals surface area (Å²) in [4.78, 5) is 110. The van der Waals surface area contributed by atoms with Crippen molar-refractivity contribution >= 4 is 47.8 Å². The van der Waals surface area contributed by atoms with E-state index in [1.54, 1.807) is 61.5 Å². The molecule has 0 bridgehead atoms. The molecule has 3 N–H and O–H groups in total. The van der Waals surface area contributed by atoms with Crippen LogP contribution in [0.25, 0.3) is 11.3 Å². The first-order chi connectivity index (χ1) is 35.3. The minimum Gasteiger partial charge on any atom is -0.493 e. The van der Waals surface area contributed by atoms with Crippen molar-refractivity contribution in [3.05, 3.63) is 137 Å². The van der Waals surface area contributed by atoms with Gasteiger partial charge in [-0.2, -0.15) is 5.06 Å². The Morgan fingerprint density at radius 1 is 0.726 bits per heavy atom. The molecule has 4 amide bonds. The van der Waals surface area contributed by atoms with E-state index in [9.17, 15) is 38.4 Å². The van der Waals surface area contributed by atoms with E-state index in [1.807, 2.05) is 13.0 Å². The van der Waals surface area contributed by atoms with Crippen LogP contribution < -0.4 is 30.2 Å². The van der Waals surface area contributed by atoms with Gasteiger partial charge in [0, 0.05) is 12.0 Å². The third-order valence-electron chi connectivity index (χ3n) is 11.3. The molecular weight excluding hydrogens is 945 g/mol. The van der Waals surface area contributed by atoms with Crippen molar-refractivity contribution in [2.45, 2.75) is 84.6 Å². The van der Waals surface area contributed by atoms with E-state index in [0.717, 1.165) is 23.5 Å². The van der Waals surface area contributed by atoms with Gasteiger partial charge in [-0.3, -0.25) is 24.0 Å². The van der Waals surface area contributed by atoms with E-state index < -0.39 is 60.2 Å². The van der Waals surface area contributed by atoms with Crippen LogP contribution in [-0.4, -0.2) is 92.5 Å². The lowest BCUT2D eigenvalue weighted by Crippen LogP contribution is -2.49. The molecule has 3 atom stereocenters. The zero-order chi connectivity index (χ0) is 52.7. The summed E-state index contributed by atoms with van der Waals surface area (Å²) in [5.41, 5.74) is 1.71. The Labute approximate surface area is 422 Å². The zero-order valence-corrected chi connectivity index (χ0v) is 41.3. The molecule has 5 rings (SSSR count).